The van der Waals surface area contributed by atoms with Crippen LogP contribution in [-0.4, -0.2) is 23.4 Å². The highest BCUT2D eigenvalue weighted by atomic mass is 16.7. The lowest BCUT2D eigenvalue weighted by atomic mass is 9.78. The second kappa shape index (κ2) is 5.21. The largest absolute Gasteiger partial charge is 0.494 e. The van der Waals surface area contributed by atoms with Crippen LogP contribution in [0, 0.1) is 11.3 Å². The van der Waals surface area contributed by atoms with Crippen molar-refractivity contribution in [3.63, 3.8) is 0 Å². The minimum atomic E-state index is -0.743. The smallest absolute Gasteiger partial charge is 0.399 e. The van der Waals surface area contributed by atoms with Crippen molar-refractivity contribution in [3.05, 3.63) is 29.8 Å². The van der Waals surface area contributed by atoms with Crippen molar-refractivity contribution in [3.8, 4) is 6.07 Å². The van der Waals surface area contributed by atoms with Crippen LogP contribution in [0.3, 0.4) is 0 Å². The van der Waals surface area contributed by atoms with Gasteiger partial charge in [-0.25, -0.2) is 0 Å². The zero-order valence-corrected chi connectivity index (χ0v) is 12.4. The van der Waals surface area contributed by atoms with Gasteiger partial charge in [0.05, 0.1) is 29.8 Å². The molecule has 1 aliphatic rings. The van der Waals surface area contributed by atoms with Gasteiger partial charge in [0.2, 0.25) is 0 Å². The van der Waals surface area contributed by atoms with Crippen LogP contribution in [0.1, 0.15) is 45.8 Å². The number of aliphatic hydroxyl groups excluding tert-OH is 1. The minimum Gasteiger partial charge on any atom is -0.399 e. The Hall–Kier alpha value is -1.35. The van der Waals surface area contributed by atoms with Gasteiger partial charge in [-0.3, -0.25) is 0 Å². The molecule has 0 radical (unpaired) electrons. The summed E-state index contributed by atoms with van der Waals surface area (Å²) in [5.41, 5.74) is 0.913. The molecule has 20 heavy (non-hydrogen) atoms. The van der Waals surface area contributed by atoms with E-state index in [1.807, 2.05) is 58.0 Å². The molecule has 1 N–H and O–H groups in total. The number of rotatable bonds is 3. The summed E-state index contributed by atoms with van der Waals surface area (Å²) in [4.78, 5) is 0. The van der Waals surface area contributed by atoms with Gasteiger partial charge in [0, 0.05) is 0 Å². The third kappa shape index (κ3) is 2.73. The van der Waals surface area contributed by atoms with Crippen LogP contribution in [0.15, 0.2) is 24.3 Å². The number of hydrogen-bond acceptors (Lipinski definition) is 4. The maximum absolute atomic E-state index is 9.76. The number of aliphatic hydroxyl groups is 1. The molecule has 1 aliphatic heterocycles. The van der Waals surface area contributed by atoms with Gasteiger partial charge in [0.1, 0.15) is 0 Å². The number of nitrogens with zero attached hydrogens (tertiary/aromatic N) is 1. The summed E-state index contributed by atoms with van der Waals surface area (Å²) >= 11 is 0. The van der Waals surface area contributed by atoms with Crippen molar-refractivity contribution in [2.45, 2.75) is 51.4 Å². The minimum absolute atomic E-state index is 0.0931. The van der Waals surface area contributed by atoms with Crippen molar-refractivity contribution in [1.29, 1.82) is 5.26 Å². The number of benzene rings is 1. The van der Waals surface area contributed by atoms with E-state index in [0.29, 0.717) is 0 Å². The van der Waals surface area contributed by atoms with Crippen LogP contribution in [0.5, 0.6) is 0 Å². The van der Waals surface area contributed by atoms with Gasteiger partial charge in [-0.05, 0) is 38.7 Å². The predicted octanol–water partition coefficient (Wildman–Crippen LogP) is 1.93. The number of nitriles is 1. The summed E-state index contributed by atoms with van der Waals surface area (Å²) in [6, 6.07) is 9.32. The summed E-state index contributed by atoms with van der Waals surface area (Å²) in [6.45, 7) is 8.05. The first-order valence-electron chi connectivity index (χ1n) is 6.77. The molecule has 2 rings (SSSR count). The van der Waals surface area contributed by atoms with Crippen LogP contribution in [0.25, 0.3) is 0 Å². The summed E-state index contributed by atoms with van der Waals surface area (Å²) in [7, 11) is -0.401. The highest BCUT2D eigenvalue weighted by Gasteiger charge is 2.51. The first kappa shape index (κ1) is 15.1. The third-order valence-corrected chi connectivity index (χ3v) is 4.13. The zero-order valence-electron chi connectivity index (χ0n) is 12.4. The lowest BCUT2D eigenvalue weighted by Crippen LogP contribution is -2.41. The Morgan fingerprint density at radius 1 is 1.15 bits per heavy atom. The third-order valence-electron chi connectivity index (χ3n) is 4.13. The molecule has 0 saturated carbocycles. The van der Waals surface area contributed by atoms with E-state index in [1.54, 1.807) is 0 Å². The molecule has 106 valence electrons. The fraction of sp³-hybridized carbons (Fsp3) is 0.533. The molecule has 5 heteroatoms. The van der Waals surface area contributed by atoms with E-state index >= 15 is 0 Å². The molecule has 0 aliphatic carbocycles. The average molecular weight is 273 g/mol. The maximum atomic E-state index is 9.76. The van der Waals surface area contributed by atoms with E-state index in [2.05, 4.69) is 0 Å². The normalized spacial score (nSPS) is 21.5. The van der Waals surface area contributed by atoms with Gasteiger partial charge in [0.25, 0.3) is 0 Å². The van der Waals surface area contributed by atoms with Crippen molar-refractivity contribution in [2.24, 2.45) is 0 Å². The molecular weight excluding hydrogens is 253 g/mol. The van der Waals surface area contributed by atoms with Gasteiger partial charge in [-0.1, -0.05) is 24.3 Å². The summed E-state index contributed by atoms with van der Waals surface area (Å²) in [5.74, 6) is 0. The Bertz CT molecular complexity index is 503. The Labute approximate surface area is 120 Å². The topological polar surface area (TPSA) is 62.5 Å². The molecule has 1 aromatic rings. The average Bonchev–Trinajstić information content (AvgIpc) is 2.59. The lowest BCUT2D eigenvalue weighted by Gasteiger charge is -2.32. The van der Waals surface area contributed by atoms with Crippen LogP contribution in [0.2, 0.25) is 0 Å². The van der Waals surface area contributed by atoms with E-state index in [0.717, 1.165) is 11.0 Å². The Morgan fingerprint density at radius 3 is 2.10 bits per heavy atom. The highest BCUT2D eigenvalue weighted by Crippen LogP contribution is 2.36. The quantitative estimate of drug-likeness (QED) is 0.855. The van der Waals surface area contributed by atoms with Crippen LogP contribution >= 0.6 is 0 Å². The summed E-state index contributed by atoms with van der Waals surface area (Å²) in [5, 5.41) is 18.3. The fourth-order valence-corrected chi connectivity index (χ4v) is 2.06. The van der Waals surface area contributed by atoms with E-state index in [1.165, 1.54) is 0 Å². The van der Waals surface area contributed by atoms with Crippen LogP contribution < -0.4 is 5.46 Å². The first-order valence-corrected chi connectivity index (χ1v) is 6.77. The molecule has 0 amide bonds. The van der Waals surface area contributed by atoms with E-state index in [-0.39, 0.29) is 17.6 Å². The predicted molar refractivity (Wildman–Crippen MR) is 77.3 cm³/mol. The molecule has 4 nitrogen and oxygen atoms in total. The maximum Gasteiger partial charge on any atom is 0.494 e. The van der Waals surface area contributed by atoms with Crippen molar-refractivity contribution >= 4 is 12.6 Å². The Kier molecular flexibility index (Phi) is 3.92. The second-order valence-corrected chi connectivity index (χ2v) is 6.13. The van der Waals surface area contributed by atoms with Crippen LogP contribution in [-0.2, 0) is 9.31 Å². The zero-order chi connectivity index (χ0) is 15.0. The van der Waals surface area contributed by atoms with Gasteiger partial charge >= 0.3 is 7.12 Å². The molecule has 1 heterocycles. The molecule has 1 atom stereocenters. The highest BCUT2D eigenvalue weighted by molar-refractivity contribution is 6.62. The molecule has 0 aromatic heterocycles. The molecular formula is C15H20BNO3. The van der Waals surface area contributed by atoms with Gasteiger partial charge in [-0.15, -0.1) is 0 Å². The van der Waals surface area contributed by atoms with Crippen LogP contribution in [0.4, 0.5) is 0 Å². The van der Waals surface area contributed by atoms with Gasteiger partial charge in [0.15, 0.2) is 0 Å². The summed E-state index contributed by atoms with van der Waals surface area (Å²) in [6.07, 6.45) is -0.650. The van der Waals surface area contributed by atoms with E-state index < -0.39 is 13.2 Å². The Morgan fingerprint density at radius 2 is 1.65 bits per heavy atom. The van der Waals surface area contributed by atoms with Gasteiger partial charge in [-0.2, -0.15) is 5.26 Å². The van der Waals surface area contributed by atoms with Crippen molar-refractivity contribution < 1.29 is 14.4 Å². The SMILES string of the molecule is CC1(C)OB(c2ccc(C(O)CC#N)cc2)OC1(C)C. The van der Waals surface area contributed by atoms with Crippen molar-refractivity contribution in [2.75, 3.05) is 0 Å². The van der Waals surface area contributed by atoms with Gasteiger partial charge < -0.3 is 14.4 Å². The fourth-order valence-electron chi connectivity index (χ4n) is 2.06. The molecule has 0 bridgehead atoms. The van der Waals surface area contributed by atoms with E-state index in [4.69, 9.17) is 14.6 Å². The lowest BCUT2D eigenvalue weighted by molar-refractivity contribution is 0.00578. The first-order chi connectivity index (χ1) is 9.27. The summed E-state index contributed by atoms with van der Waals surface area (Å²) < 4.78 is 11.9. The van der Waals surface area contributed by atoms with Crippen molar-refractivity contribution in [1.82, 2.24) is 0 Å². The monoisotopic (exact) mass is 273 g/mol. The van der Waals surface area contributed by atoms with E-state index in [9.17, 15) is 5.11 Å². The molecule has 1 aromatic carbocycles. The Balaban J connectivity index is 2.15. The second-order valence-electron chi connectivity index (χ2n) is 6.13. The molecule has 1 unspecified atom stereocenters. The number of hydrogen-bond donors (Lipinski definition) is 1. The standard InChI is InChI=1S/C15H20BNO3/c1-14(2)15(3,4)20-16(19-14)12-7-5-11(6-8-12)13(18)9-10-17/h5-8,13,18H,9H2,1-4H3. The molecule has 0 spiro atoms. The molecule has 1 fully saturated rings. The molecule has 1 saturated heterocycles.